The van der Waals surface area contributed by atoms with E-state index in [-0.39, 0.29) is 5.56 Å². The van der Waals surface area contributed by atoms with Crippen LogP contribution in [0.3, 0.4) is 0 Å². The number of aromatic nitrogens is 1. The van der Waals surface area contributed by atoms with Gasteiger partial charge in [-0.25, -0.2) is 9.78 Å². The van der Waals surface area contributed by atoms with E-state index in [9.17, 15) is 4.79 Å². The van der Waals surface area contributed by atoms with Crippen molar-refractivity contribution in [2.75, 3.05) is 44.6 Å². The van der Waals surface area contributed by atoms with Gasteiger partial charge in [0.15, 0.2) is 0 Å². The van der Waals surface area contributed by atoms with Gasteiger partial charge in [-0.1, -0.05) is 0 Å². The highest BCUT2D eigenvalue weighted by molar-refractivity contribution is 5.87. The quantitative estimate of drug-likeness (QED) is 0.649. The molecule has 6 heteroatoms. The van der Waals surface area contributed by atoms with Crippen LogP contribution < -0.4 is 10.6 Å². The number of carboxylic acids is 1. The van der Waals surface area contributed by atoms with Crippen molar-refractivity contribution >= 4 is 11.8 Å². The summed E-state index contributed by atoms with van der Waals surface area (Å²) in [6.07, 6.45) is 2.43. The number of hydrogen-bond donors (Lipinski definition) is 3. The fourth-order valence-corrected chi connectivity index (χ4v) is 2.08. The second kappa shape index (κ2) is 7.06. The predicted molar refractivity (Wildman–Crippen MR) is 73.6 cm³/mol. The third kappa shape index (κ3) is 4.50. The zero-order chi connectivity index (χ0) is 13.5. The Hall–Kier alpha value is -1.66. The van der Waals surface area contributed by atoms with Crippen LogP contribution in [0.2, 0.25) is 0 Å². The molecule has 0 aromatic carbocycles. The van der Waals surface area contributed by atoms with Crippen LogP contribution >= 0.6 is 0 Å². The molecule has 2 heterocycles. The Kier molecular flexibility index (Phi) is 5.11. The van der Waals surface area contributed by atoms with Crippen molar-refractivity contribution in [2.24, 2.45) is 0 Å². The van der Waals surface area contributed by atoms with E-state index in [2.05, 4.69) is 20.5 Å². The predicted octanol–water partition coefficient (Wildman–Crippen LogP) is 0.487. The van der Waals surface area contributed by atoms with Gasteiger partial charge in [0.25, 0.3) is 0 Å². The average molecular weight is 264 g/mol. The van der Waals surface area contributed by atoms with Gasteiger partial charge in [-0.2, -0.15) is 0 Å². The van der Waals surface area contributed by atoms with Gasteiger partial charge in [-0.15, -0.1) is 0 Å². The molecule has 0 unspecified atom stereocenters. The van der Waals surface area contributed by atoms with Gasteiger partial charge < -0.3 is 20.6 Å². The summed E-state index contributed by atoms with van der Waals surface area (Å²) in [5, 5.41) is 15.3. The fraction of sp³-hybridized carbons (Fsp3) is 0.538. The molecule has 3 N–H and O–H groups in total. The number of carbonyl (C=O) groups is 1. The van der Waals surface area contributed by atoms with Gasteiger partial charge >= 0.3 is 5.97 Å². The Labute approximate surface area is 112 Å². The number of hydrogen-bond acceptors (Lipinski definition) is 5. The van der Waals surface area contributed by atoms with E-state index >= 15 is 0 Å². The smallest absolute Gasteiger partial charge is 0.337 e. The maximum absolute atomic E-state index is 10.7. The molecule has 1 aliphatic heterocycles. The molecule has 6 nitrogen and oxygen atoms in total. The topological polar surface area (TPSA) is 77.5 Å². The highest BCUT2D eigenvalue weighted by atomic mass is 16.4. The number of nitrogens with zero attached hydrogens (tertiary/aromatic N) is 2. The van der Waals surface area contributed by atoms with Gasteiger partial charge in [0.1, 0.15) is 5.82 Å². The molecule has 1 aliphatic rings. The van der Waals surface area contributed by atoms with E-state index < -0.39 is 5.97 Å². The highest BCUT2D eigenvalue weighted by Gasteiger charge is 2.08. The summed E-state index contributed by atoms with van der Waals surface area (Å²) in [5.74, 6) is -0.219. The first kappa shape index (κ1) is 13.8. The first-order chi connectivity index (χ1) is 9.25. The molecule has 0 bridgehead atoms. The lowest BCUT2D eigenvalue weighted by atomic mass is 10.3. The van der Waals surface area contributed by atoms with Crippen molar-refractivity contribution in [1.82, 2.24) is 15.2 Å². The van der Waals surface area contributed by atoms with Crippen LogP contribution in [0.15, 0.2) is 18.3 Å². The monoisotopic (exact) mass is 264 g/mol. The largest absolute Gasteiger partial charge is 0.478 e. The molecule has 104 valence electrons. The standard InChI is InChI=1S/C13H20N4O2/c18-13(19)11-2-3-12(16-10-11)15-4-1-7-17-8-5-14-6-9-17/h2-3,10,14H,1,4-9H2,(H,15,16)(H,18,19). The summed E-state index contributed by atoms with van der Waals surface area (Å²) in [6.45, 7) is 6.32. The first-order valence-electron chi connectivity index (χ1n) is 6.62. The highest BCUT2D eigenvalue weighted by Crippen LogP contribution is 2.05. The minimum absolute atomic E-state index is 0.214. The number of aromatic carboxylic acids is 1. The molecule has 1 aromatic heterocycles. The minimum Gasteiger partial charge on any atom is -0.478 e. The zero-order valence-electron chi connectivity index (χ0n) is 10.9. The van der Waals surface area contributed by atoms with Crippen LogP contribution in [0.4, 0.5) is 5.82 Å². The lowest BCUT2D eigenvalue weighted by Gasteiger charge is -2.27. The number of carboxylic acid groups (broad SMARTS) is 1. The molecule has 0 radical (unpaired) electrons. The Balaban J connectivity index is 1.66. The van der Waals surface area contributed by atoms with Crippen molar-refractivity contribution < 1.29 is 9.90 Å². The molecule has 1 fully saturated rings. The van der Waals surface area contributed by atoms with Gasteiger partial charge in [-0.05, 0) is 25.1 Å². The lowest BCUT2D eigenvalue weighted by molar-refractivity contribution is 0.0696. The van der Waals surface area contributed by atoms with Crippen molar-refractivity contribution in [3.8, 4) is 0 Å². The molecule has 0 aliphatic carbocycles. The van der Waals surface area contributed by atoms with Gasteiger partial charge in [-0.3, -0.25) is 0 Å². The molecule has 19 heavy (non-hydrogen) atoms. The van der Waals surface area contributed by atoms with Gasteiger partial charge in [0, 0.05) is 38.9 Å². The van der Waals surface area contributed by atoms with Crippen molar-refractivity contribution in [3.63, 3.8) is 0 Å². The Morgan fingerprint density at radius 3 is 2.84 bits per heavy atom. The summed E-state index contributed by atoms with van der Waals surface area (Å²) < 4.78 is 0. The van der Waals surface area contributed by atoms with Gasteiger partial charge in [0.2, 0.25) is 0 Å². The van der Waals surface area contributed by atoms with Crippen LogP contribution in [-0.4, -0.2) is 60.2 Å². The molecule has 0 atom stereocenters. The normalized spacial score (nSPS) is 16.2. The van der Waals surface area contributed by atoms with Crippen LogP contribution in [0.25, 0.3) is 0 Å². The molecular formula is C13H20N4O2. The van der Waals surface area contributed by atoms with E-state index in [0.29, 0.717) is 0 Å². The Morgan fingerprint density at radius 1 is 1.42 bits per heavy atom. The van der Waals surface area contributed by atoms with Crippen molar-refractivity contribution in [2.45, 2.75) is 6.42 Å². The molecule has 0 spiro atoms. The molecular weight excluding hydrogens is 244 g/mol. The second-order valence-electron chi connectivity index (χ2n) is 4.61. The summed E-state index contributed by atoms with van der Waals surface area (Å²) in [4.78, 5) is 17.2. The number of piperazine rings is 1. The van der Waals surface area contributed by atoms with Crippen LogP contribution in [0, 0.1) is 0 Å². The van der Waals surface area contributed by atoms with E-state index in [1.807, 2.05) is 0 Å². The second-order valence-corrected chi connectivity index (χ2v) is 4.61. The van der Waals surface area contributed by atoms with E-state index in [1.54, 1.807) is 12.1 Å². The summed E-state index contributed by atoms with van der Waals surface area (Å²) in [7, 11) is 0. The number of pyridine rings is 1. The summed E-state index contributed by atoms with van der Waals surface area (Å²) in [5.41, 5.74) is 0.214. The molecule has 0 saturated carbocycles. The molecule has 1 aromatic rings. The lowest BCUT2D eigenvalue weighted by Crippen LogP contribution is -2.44. The third-order valence-corrected chi connectivity index (χ3v) is 3.18. The first-order valence-corrected chi connectivity index (χ1v) is 6.62. The Bertz CT molecular complexity index is 402. The third-order valence-electron chi connectivity index (χ3n) is 3.18. The maximum atomic E-state index is 10.7. The van der Waals surface area contributed by atoms with Crippen LogP contribution in [-0.2, 0) is 0 Å². The molecule has 2 rings (SSSR count). The number of nitrogens with one attached hydrogen (secondary N) is 2. The van der Waals surface area contributed by atoms with Crippen molar-refractivity contribution in [1.29, 1.82) is 0 Å². The van der Waals surface area contributed by atoms with E-state index in [0.717, 1.165) is 51.5 Å². The van der Waals surface area contributed by atoms with Crippen LogP contribution in [0.5, 0.6) is 0 Å². The zero-order valence-corrected chi connectivity index (χ0v) is 10.9. The molecule has 1 saturated heterocycles. The number of anilines is 1. The minimum atomic E-state index is -0.947. The number of rotatable bonds is 6. The Morgan fingerprint density at radius 2 is 2.21 bits per heavy atom. The summed E-state index contributed by atoms with van der Waals surface area (Å²) in [6, 6.07) is 3.27. The van der Waals surface area contributed by atoms with Gasteiger partial charge in [0.05, 0.1) is 5.56 Å². The van der Waals surface area contributed by atoms with E-state index in [4.69, 9.17) is 5.11 Å². The van der Waals surface area contributed by atoms with Crippen molar-refractivity contribution in [3.05, 3.63) is 23.9 Å². The SMILES string of the molecule is O=C(O)c1ccc(NCCCN2CCNCC2)nc1. The van der Waals surface area contributed by atoms with E-state index in [1.165, 1.54) is 6.20 Å². The molecule has 0 amide bonds. The van der Waals surface area contributed by atoms with Crippen LogP contribution in [0.1, 0.15) is 16.8 Å². The fourth-order valence-electron chi connectivity index (χ4n) is 2.08. The maximum Gasteiger partial charge on any atom is 0.337 e. The summed E-state index contributed by atoms with van der Waals surface area (Å²) >= 11 is 0. The average Bonchev–Trinajstić information content (AvgIpc) is 2.45.